The summed E-state index contributed by atoms with van der Waals surface area (Å²) in [7, 11) is 0. The van der Waals surface area contributed by atoms with E-state index in [1.807, 2.05) is 0 Å². The second-order valence-corrected chi connectivity index (χ2v) is 6.74. The van der Waals surface area contributed by atoms with Crippen molar-refractivity contribution in [2.45, 2.75) is 71.3 Å². The zero-order valence-electron chi connectivity index (χ0n) is 12.6. The van der Waals surface area contributed by atoms with Crippen molar-refractivity contribution in [3.05, 3.63) is 0 Å². The molecule has 1 aliphatic carbocycles. The second kappa shape index (κ2) is 6.74. The fourth-order valence-electron chi connectivity index (χ4n) is 3.71. The summed E-state index contributed by atoms with van der Waals surface area (Å²) in [4.78, 5) is 12.7. The zero-order valence-corrected chi connectivity index (χ0v) is 12.6. The molecule has 2 aliphatic rings. The number of amides is 1. The maximum Gasteiger partial charge on any atom is 0.227 e. The SMILES string of the molecule is CCCC1(C(=O)NC2CCC(C)CC2)CCCNC1. The van der Waals surface area contributed by atoms with Gasteiger partial charge in [-0.25, -0.2) is 0 Å². The van der Waals surface area contributed by atoms with Crippen LogP contribution in [0.2, 0.25) is 0 Å². The smallest absolute Gasteiger partial charge is 0.227 e. The van der Waals surface area contributed by atoms with Gasteiger partial charge < -0.3 is 10.6 Å². The molecule has 1 saturated heterocycles. The van der Waals surface area contributed by atoms with Crippen LogP contribution in [-0.4, -0.2) is 25.0 Å². The van der Waals surface area contributed by atoms with Gasteiger partial charge in [-0.3, -0.25) is 4.79 Å². The third-order valence-electron chi connectivity index (χ3n) is 5.03. The van der Waals surface area contributed by atoms with Gasteiger partial charge in [0.2, 0.25) is 5.91 Å². The molecule has 1 amide bonds. The van der Waals surface area contributed by atoms with E-state index in [0.29, 0.717) is 11.9 Å². The molecule has 3 nitrogen and oxygen atoms in total. The lowest BCUT2D eigenvalue weighted by Crippen LogP contribution is -2.53. The van der Waals surface area contributed by atoms with Crippen LogP contribution in [-0.2, 0) is 4.79 Å². The zero-order chi connectivity index (χ0) is 13.7. The van der Waals surface area contributed by atoms with Gasteiger partial charge in [0.05, 0.1) is 5.41 Å². The number of hydrogen-bond donors (Lipinski definition) is 2. The van der Waals surface area contributed by atoms with E-state index in [0.717, 1.165) is 44.7 Å². The van der Waals surface area contributed by atoms with Crippen molar-refractivity contribution in [1.82, 2.24) is 10.6 Å². The number of rotatable bonds is 4. The lowest BCUT2D eigenvalue weighted by atomic mass is 9.75. The van der Waals surface area contributed by atoms with Crippen LogP contribution < -0.4 is 10.6 Å². The lowest BCUT2D eigenvalue weighted by Gasteiger charge is -2.38. The fourth-order valence-corrected chi connectivity index (χ4v) is 3.71. The number of carbonyl (C=O) groups excluding carboxylic acids is 1. The highest BCUT2D eigenvalue weighted by molar-refractivity contribution is 5.83. The molecule has 1 aliphatic heterocycles. The van der Waals surface area contributed by atoms with E-state index in [9.17, 15) is 4.79 Å². The number of carbonyl (C=O) groups is 1. The van der Waals surface area contributed by atoms with Gasteiger partial charge in [-0.1, -0.05) is 20.3 Å². The maximum absolute atomic E-state index is 12.7. The minimum absolute atomic E-state index is 0.129. The Balaban J connectivity index is 1.92. The number of piperidine rings is 1. The molecule has 0 aromatic carbocycles. The summed E-state index contributed by atoms with van der Waals surface area (Å²) < 4.78 is 0. The molecule has 1 heterocycles. The highest BCUT2D eigenvalue weighted by Gasteiger charge is 2.39. The highest BCUT2D eigenvalue weighted by atomic mass is 16.2. The molecule has 19 heavy (non-hydrogen) atoms. The summed E-state index contributed by atoms with van der Waals surface area (Å²) >= 11 is 0. The molecule has 0 aromatic heterocycles. The fraction of sp³-hybridized carbons (Fsp3) is 0.938. The summed E-state index contributed by atoms with van der Waals surface area (Å²) in [5.41, 5.74) is -0.129. The Morgan fingerprint density at radius 2 is 2.05 bits per heavy atom. The largest absolute Gasteiger partial charge is 0.353 e. The van der Waals surface area contributed by atoms with Crippen LogP contribution in [0.3, 0.4) is 0 Å². The monoisotopic (exact) mass is 266 g/mol. The van der Waals surface area contributed by atoms with Gasteiger partial charge in [0.1, 0.15) is 0 Å². The molecule has 2 rings (SSSR count). The van der Waals surface area contributed by atoms with Crippen molar-refractivity contribution in [2.75, 3.05) is 13.1 Å². The first kappa shape index (κ1) is 14.8. The Hall–Kier alpha value is -0.570. The average molecular weight is 266 g/mol. The van der Waals surface area contributed by atoms with Crippen LogP contribution in [0.5, 0.6) is 0 Å². The third kappa shape index (κ3) is 3.71. The van der Waals surface area contributed by atoms with Crippen molar-refractivity contribution in [2.24, 2.45) is 11.3 Å². The minimum Gasteiger partial charge on any atom is -0.353 e. The van der Waals surface area contributed by atoms with Crippen molar-refractivity contribution in [3.8, 4) is 0 Å². The van der Waals surface area contributed by atoms with E-state index in [1.54, 1.807) is 0 Å². The van der Waals surface area contributed by atoms with E-state index in [1.165, 1.54) is 25.7 Å². The second-order valence-electron chi connectivity index (χ2n) is 6.74. The Kier molecular flexibility index (Phi) is 5.26. The first-order chi connectivity index (χ1) is 9.16. The molecule has 2 N–H and O–H groups in total. The van der Waals surface area contributed by atoms with Crippen molar-refractivity contribution >= 4 is 5.91 Å². The summed E-state index contributed by atoms with van der Waals surface area (Å²) in [6.45, 7) is 6.45. The average Bonchev–Trinajstić information content (AvgIpc) is 2.43. The normalized spacial score (nSPS) is 35.9. The summed E-state index contributed by atoms with van der Waals surface area (Å²) in [6.07, 6.45) is 9.18. The van der Waals surface area contributed by atoms with E-state index >= 15 is 0 Å². The first-order valence-electron chi connectivity index (χ1n) is 8.18. The predicted octanol–water partition coefficient (Wildman–Crippen LogP) is 2.85. The number of nitrogens with one attached hydrogen (secondary N) is 2. The van der Waals surface area contributed by atoms with Crippen LogP contribution in [0.4, 0.5) is 0 Å². The van der Waals surface area contributed by atoms with Crippen LogP contribution in [0.1, 0.15) is 65.2 Å². The van der Waals surface area contributed by atoms with E-state index in [2.05, 4.69) is 24.5 Å². The molecular weight excluding hydrogens is 236 g/mol. The van der Waals surface area contributed by atoms with Gasteiger partial charge in [-0.15, -0.1) is 0 Å². The summed E-state index contributed by atoms with van der Waals surface area (Å²) in [5.74, 6) is 1.16. The molecule has 0 aromatic rings. The Morgan fingerprint density at radius 1 is 1.32 bits per heavy atom. The molecule has 1 saturated carbocycles. The van der Waals surface area contributed by atoms with E-state index < -0.39 is 0 Å². The Labute approximate surface area is 117 Å². The molecule has 3 heteroatoms. The van der Waals surface area contributed by atoms with Crippen molar-refractivity contribution in [3.63, 3.8) is 0 Å². The lowest BCUT2D eigenvalue weighted by molar-refractivity contribution is -0.133. The first-order valence-corrected chi connectivity index (χ1v) is 8.18. The molecule has 0 spiro atoms. The minimum atomic E-state index is -0.129. The molecule has 2 fully saturated rings. The van der Waals surface area contributed by atoms with Gasteiger partial charge >= 0.3 is 0 Å². The number of hydrogen-bond acceptors (Lipinski definition) is 2. The molecule has 0 bridgehead atoms. The molecule has 1 unspecified atom stereocenters. The van der Waals surface area contributed by atoms with Crippen LogP contribution >= 0.6 is 0 Å². The highest BCUT2D eigenvalue weighted by Crippen LogP contribution is 2.33. The van der Waals surface area contributed by atoms with E-state index in [4.69, 9.17) is 0 Å². The van der Waals surface area contributed by atoms with Crippen LogP contribution in [0, 0.1) is 11.3 Å². The maximum atomic E-state index is 12.7. The van der Waals surface area contributed by atoms with Gasteiger partial charge in [0.15, 0.2) is 0 Å². The molecular formula is C16H30N2O. The third-order valence-corrected chi connectivity index (χ3v) is 5.03. The molecule has 110 valence electrons. The predicted molar refractivity (Wildman–Crippen MR) is 79.0 cm³/mol. The van der Waals surface area contributed by atoms with Gasteiger partial charge in [-0.05, 0) is 57.4 Å². The van der Waals surface area contributed by atoms with Gasteiger partial charge in [0, 0.05) is 12.6 Å². The Morgan fingerprint density at radius 3 is 2.63 bits per heavy atom. The standard InChI is InChI=1S/C16H30N2O/c1-3-9-16(10-4-11-17-12-16)15(19)18-14-7-5-13(2)6-8-14/h13-14,17H,3-12H2,1-2H3,(H,18,19). The molecule has 1 atom stereocenters. The Bertz CT molecular complexity index is 284. The van der Waals surface area contributed by atoms with Gasteiger partial charge in [-0.2, -0.15) is 0 Å². The van der Waals surface area contributed by atoms with Crippen molar-refractivity contribution in [1.29, 1.82) is 0 Å². The topological polar surface area (TPSA) is 41.1 Å². The van der Waals surface area contributed by atoms with Gasteiger partial charge in [0.25, 0.3) is 0 Å². The summed E-state index contributed by atoms with van der Waals surface area (Å²) in [5, 5.41) is 6.78. The van der Waals surface area contributed by atoms with Crippen molar-refractivity contribution < 1.29 is 4.79 Å². The quantitative estimate of drug-likeness (QED) is 0.821. The van der Waals surface area contributed by atoms with Crippen LogP contribution in [0.15, 0.2) is 0 Å². The van der Waals surface area contributed by atoms with Crippen LogP contribution in [0.25, 0.3) is 0 Å². The molecule has 0 radical (unpaired) electrons. The summed E-state index contributed by atoms with van der Waals surface area (Å²) in [6, 6.07) is 0.430. The van der Waals surface area contributed by atoms with E-state index in [-0.39, 0.29) is 5.41 Å².